The third-order valence-electron chi connectivity index (χ3n) is 3.34. The van der Waals surface area contributed by atoms with Crippen LogP contribution in [0, 0.1) is 0 Å². The molecule has 0 saturated carbocycles. The van der Waals surface area contributed by atoms with Crippen LogP contribution in [-0.4, -0.2) is 17.2 Å². The smallest absolute Gasteiger partial charge is 0.271 e. The van der Waals surface area contributed by atoms with Crippen molar-refractivity contribution < 1.29 is 14.3 Å². The van der Waals surface area contributed by atoms with Gasteiger partial charge in [-0.1, -0.05) is 23.4 Å². The molecule has 1 heterocycles. The van der Waals surface area contributed by atoms with Crippen LogP contribution >= 0.6 is 71.2 Å². The summed E-state index contributed by atoms with van der Waals surface area (Å²) in [7, 11) is 0. The maximum Gasteiger partial charge on any atom is 0.271 e. The molecule has 0 aliphatic rings. The molecule has 0 unspecified atom stereocenters. The van der Waals surface area contributed by atoms with Gasteiger partial charge in [0, 0.05) is 21.5 Å². The van der Waals surface area contributed by atoms with Gasteiger partial charge in [-0.05, 0) is 84.2 Å². The number of hydrazone groups is 1. The van der Waals surface area contributed by atoms with Gasteiger partial charge in [0.1, 0.15) is 11.5 Å². The summed E-state index contributed by atoms with van der Waals surface area (Å²) < 4.78 is 7.29. The molecule has 0 fully saturated rings. The highest BCUT2D eigenvalue weighted by molar-refractivity contribution is 9.11. The number of furan rings is 1. The number of benzene rings is 2. The number of carbonyl (C=O) groups excluding carboxylic acids is 1. The van der Waals surface area contributed by atoms with Gasteiger partial charge < -0.3 is 9.52 Å². The van der Waals surface area contributed by atoms with Gasteiger partial charge in [-0.3, -0.25) is 4.79 Å². The summed E-state index contributed by atoms with van der Waals surface area (Å²) in [6.07, 6.45) is 1.40. The molecule has 2 N–H and O–H groups in total. The molecule has 10 heteroatoms. The Morgan fingerprint density at radius 1 is 1.11 bits per heavy atom. The van der Waals surface area contributed by atoms with Gasteiger partial charge in [0.05, 0.1) is 19.6 Å². The Kier molecular flexibility index (Phi) is 7.27. The van der Waals surface area contributed by atoms with Gasteiger partial charge in [-0.15, -0.1) is 0 Å². The SMILES string of the molecule is O=C(N/N=C\c1cc(Br)c(Sc2ccc(Cl)cc2)o1)c1cc(Br)c(O)c(Br)c1. The average Bonchev–Trinajstić information content (AvgIpc) is 3.00. The van der Waals surface area contributed by atoms with Crippen LogP contribution in [0.5, 0.6) is 5.75 Å². The lowest BCUT2D eigenvalue weighted by atomic mass is 10.2. The zero-order valence-corrected chi connectivity index (χ0v) is 20.1. The summed E-state index contributed by atoms with van der Waals surface area (Å²) in [5.41, 5.74) is 2.74. The Morgan fingerprint density at radius 2 is 1.75 bits per heavy atom. The van der Waals surface area contributed by atoms with Gasteiger partial charge >= 0.3 is 0 Å². The molecule has 5 nitrogen and oxygen atoms in total. The molecule has 0 bridgehead atoms. The summed E-state index contributed by atoms with van der Waals surface area (Å²) in [6, 6.07) is 12.1. The summed E-state index contributed by atoms with van der Waals surface area (Å²) in [4.78, 5) is 13.2. The van der Waals surface area contributed by atoms with E-state index in [-0.39, 0.29) is 5.75 Å². The zero-order chi connectivity index (χ0) is 20.3. The van der Waals surface area contributed by atoms with Crippen molar-refractivity contribution in [2.24, 2.45) is 5.10 Å². The fourth-order valence-corrected chi connectivity index (χ4v) is 4.67. The number of nitrogens with zero attached hydrogens (tertiary/aromatic N) is 1. The summed E-state index contributed by atoms with van der Waals surface area (Å²) >= 11 is 17.1. The van der Waals surface area contributed by atoms with E-state index < -0.39 is 5.91 Å². The topological polar surface area (TPSA) is 74.8 Å². The normalized spacial score (nSPS) is 11.1. The molecule has 28 heavy (non-hydrogen) atoms. The van der Waals surface area contributed by atoms with Crippen LogP contribution in [0.2, 0.25) is 5.02 Å². The number of hydrogen-bond acceptors (Lipinski definition) is 5. The largest absolute Gasteiger partial charge is 0.506 e. The van der Waals surface area contributed by atoms with E-state index in [9.17, 15) is 9.90 Å². The monoisotopic (exact) mass is 606 g/mol. The van der Waals surface area contributed by atoms with Crippen molar-refractivity contribution in [3.8, 4) is 5.75 Å². The van der Waals surface area contributed by atoms with Crippen LogP contribution in [0.15, 0.2) is 75.4 Å². The van der Waals surface area contributed by atoms with Gasteiger partial charge in [-0.25, -0.2) is 5.43 Å². The van der Waals surface area contributed by atoms with Crippen LogP contribution in [0.3, 0.4) is 0 Å². The number of amides is 1. The molecule has 2 aromatic carbocycles. The average molecular weight is 610 g/mol. The van der Waals surface area contributed by atoms with Crippen molar-refractivity contribution in [3.05, 3.63) is 72.2 Å². The lowest BCUT2D eigenvalue weighted by Gasteiger charge is -2.04. The first-order chi connectivity index (χ1) is 13.3. The van der Waals surface area contributed by atoms with Gasteiger partial charge in [0.25, 0.3) is 5.91 Å². The number of nitrogens with one attached hydrogen (secondary N) is 1. The summed E-state index contributed by atoms with van der Waals surface area (Å²) in [5, 5.41) is 14.9. The number of carbonyl (C=O) groups is 1. The molecular formula is C18H10Br3ClN2O3S. The lowest BCUT2D eigenvalue weighted by molar-refractivity contribution is 0.0955. The van der Waals surface area contributed by atoms with E-state index >= 15 is 0 Å². The quantitative estimate of drug-likeness (QED) is 0.246. The molecular weight excluding hydrogens is 599 g/mol. The van der Waals surface area contributed by atoms with Crippen molar-refractivity contribution in [2.45, 2.75) is 9.99 Å². The number of phenolic OH excluding ortho intramolecular Hbond substituents is 1. The Labute approximate surface area is 194 Å². The highest BCUT2D eigenvalue weighted by atomic mass is 79.9. The summed E-state index contributed by atoms with van der Waals surface area (Å²) in [6.45, 7) is 0. The van der Waals surface area contributed by atoms with E-state index in [1.165, 1.54) is 30.1 Å². The Balaban J connectivity index is 1.66. The van der Waals surface area contributed by atoms with Gasteiger partial charge in [0.2, 0.25) is 0 Å². The van der Waals surface area contributed by atoms with E-state index in [0.717, 1.165) is 9.37 Å². The molecule has 0 aliphatic carbocycles. The molecule has 0 saturated heterocycles. The van der Waals surface area contributed by atoms with Crippen LogP contribution in [0.4, 0.5) is 0 Å². The zero-order valence-electron chi connectivity index (χ0n) is 13.7. The third-order valence-corrected chi connectivity index (χ3v) is 6.64. The first-order valence-electron chi connectivity index (χ1n) is 7.57. The van der Waals surface area contributed by atoms with E-state index in [2.05, 4.69) is 58.3 Å². The molecule has 0 atom stereocenters. The van der Waals surface area contributed by atoms with Crippen molar-refractivity contribution in [2.75, 3.05) is 0 Å². The molecule has 0 spiro atoms. The first kappa shape index (κ1) is 21.4. The second-order valence-electron chi connectivity index (χ2n) is 5.33. The van der Waals surface area contributed by atoms with E-state index in [1.54, 1.807) is 18.2 Å². The minimum absolute atomic E-state index is 0.0196. The Bertz CT molecular complexity index is 1030. The minimum Gasteiger partial charge on any atom is -0.506 e. The highest BCUT2D eigenvalue weighted by Gasteiger charge is 2.12. The van der Waals surface area contributed by atoms with E-state index in [4.69, 9.17) is 16.0 Å². The Hall–Kier alpha value is -1.26. The van der Waals surface area contributed by atoms with Crippen molar-refractivity contribution >= 4 is 83.3 Å². The number of hydrogen-bond donors (Lipinski definition) is 2. The predicted octanol–water partition coefficient (Wildman–Crippen LogP) is 6.84. The molecule has 144 valence electrons. The van der Waals surface area contributed by atoms with Crippen molar-refractivity contribution in [1.82, 2.24) is 5.43 Å². The minimum atomic E-state index is -0.431. The van der Waals surface area contributed by atoms with Crippen LogP contribution in [0.1, 0.15) is 16.1 Å². The molecule has 1 amide bonds. The standard InChI is InChI=1S/C18H10Br3ClN2O3S/c19-13-5-9(6-14(20)16(13)25)17(26)24-23-8-11-7-15(21)18(27-11)28-12-3-1-10(22)2-4-12/h1-8,25H,(H,24,26)/b23-8-. The van der Waals surface area contributed by atoms with E-state index in [0.29, 0.717) is 30.4 Å². The molecule has 3 rings (SSSR count). The summed E-state index contributed by atoms with van der Waals surface area (Å²) in [5.74, 6) is 0.0574. The fourth-order valence-electron chi connectivity index (χ4n) is 2.03. The maximum absolute atomic E-state index is 12.2. The molecule has 0 radical (unpaired) electrons. The number of aromatic hydroxyl groups is 1. The number of rotatable bonds is 5. The fraction of sp³-hybridized carbons (Fsp3) is 0. The number of halogens is 4. The van der Waals surface area contributed by atoms with Crippen molar-refractivity contribution in [3.63, 3.8) is 0 Å². The third kappa shape index (κ3) is 5.42. The lowest BCUT2D eigenvalue weighted by Crippen LogP contribution is -2.17. The molecule has 1 aromatic heterocycles. The molecule has 3 aromatic rings. The maximum atomic E-state index is 12.2. The van der Waals surface area contributed by atoms with Gasteiger partial charge in [0.15, 0.2) is 5.09 Å². The van der Waals surface area contributed by atoms with Crippen molar-refractivity contribution in [1.29, 1.82) is 0 Å². The van der Waals surface area contributed by atoms with Crippen LogP contribution in [-0.2, 0) is 0 Å². The second-order valence-corrected chi connectivity index (χ2v) is 9.37. The van der Waals surface area contributed by atoms with Crippen LogP contribution < -0.4 is 5.43 Å². The first-order valence-corrected chi connectivity index (χ1v) is 11.1. The van der Waals surface area contributed by atoms with E-state index in [1.807, 2.05) is 12.1 Å². The molecule has 0 aliphatic heterocycles. The van der Waals surface area contributed by atoms with Gasteiger partial charge in [-0.2, -0.15) is 5.10 Å². The van der Waals surface area contributed by atoms with Crippen LogP contribution in [0.25, 0.3) is 0 Å². The second kappa shape index (κ2) is 9.49. The Morgan fingerprint density at radius 3 is 2.39 bits per heavy atom. The predicted molar refractivity (Wildman–Crippen MR) is 121 cm³/mol. The number of phenols is 1. The highest BCUT2D eigenvalue weighted by Crippen LogP contribution is 2.36.